The van der Waals surface area contributed by atoms with Gasteiger partial charge in [0.15, 0.2) is 0 Å². The van der Waals surface area contributed by atoms with Crippen molar-refractivity contribution in [2.75, 3.05) is 12.8 Å². The van der Waals surface area contributed by atoms with Crippen molar-refractivity contribution in [3.8, 4) is 11.1 Å². The van der Waals surface area contributed by atoms with Gasteiger partial charge in [0.05, 0.1) is 36.3 Å². The Morgan fingerprint density at radius 3 is 2.43 bits per heavy atom. The molecule has 3 aromatic rings. The first kappa shape index (κ1) is 16.4. The van der Waals surface area contributed by atoms with E-state index in [9.17, 15) is 4.79 Å². The van der Waals surface area contributed by atoms with Crippen molar-refractivity contribution in [3.05, 3.63) is 54.5 Å². The second-order valence-electron chi connectivity index (χ2n) is 4.59. The van der Waals surface area contributed by atoms with Crippen molar-refractivity contribution in [1.82, 2.24) is 9.97 Å². The van der Waals surface area contributed by atoms with Crippen LogP contribution in [0.5, 0.6) is 0 Å². The van der Waals surface area contributed by atoms with E-state index in [1.807, 2.05) is 32.0 Å². The molecule has 23 heavy (non-hydrogen) atoms. The third-order valence-electron chi connectivity index (χ3n) is 3.25. The monoisotopic (exact) mass is 309 g/mol. The lowest BCUT2D eigenvalue weighted by Gasteiger charge is -2.07. The normalized spacial score (nSPS) is 9.87. The number of benzene rings is 1. The molecule has 0 aliphatic carbocycles. The van der Waals surface area contributed by atoms with Gasteiger partial charge in [-0.3, -0.25) is 9.97 Å². The quantitative estimate of drug-likeness (QED) is 0.730. The number of methoxy groups -OCH3 is 1. The Labute approximate surface area is 135 Å². The number of hydrogen-bond donors (Lipinski definition) is 1. The molecule has 118 valence electrons. The summed E-state index contributed by atoms with van der Waals surface area (Å²) in [6, 6.07) is 9.02. The van der Waals surface area contributed by atoms with Gasteiger partial charge in [0.25, 0.3) is 0 Å². The number of nitrogens with two attached hydrogens (primary N) is 1. The second-order valence-corrected chi connectivity index (χ2v) is 4.59. The number of anilines is 1. The smallest absolute Gasteiger partial charge is 0.337 e. The van der Waals surface area contributed by atoms with Crippen LogP contribution in [0.1, 0.15) is 24.2 Å². The van der Waals surface area contributed by atoms with Gasteiger partial charge in [-0.25, -0.2) is 4.79 Å². The van der Waals surface area contributed by atoms with Crippen molar-refractivity contribution in [2.45, 2.75) is 13.8 Å². The van der Waals surface area contributed by atoms with E-state index in [0.29, 0.717) is 11.3 Å². The Kier molecular flexibility index (Phi) is 5.25. The van der Waals surface area contributed by atoms with Crippen LogP contribution in [0.15, 0.2) is 48.9 Å². The molecule has 0 bridgehead atoms. The minimum absolute atomic E-state index is 0.358. The van der Waals surface area contributed by atoms with E-state index in [1.54, 1.807) is 30.7 Å². The first-order chi connectivity index (χ1) is 11.2. The summed E-state index contributed by atoms with van der Waals surface area (Å²) in [6.07, 6.45) is 5.06. The van der Waals surface area contributed by atoms with Gasteiger partial charge in [0.2, 0.25) is 0 Å². The van der Waals surface area contributed by atoms with Crippen LogP contribution >= 0.6 is 0 Å². The topological polar surface area (TPSA) is 78.1 Å². The Morgan fingerprint density at radius 2 is 1.78 bits per heavy atom. The number of ether oxygens (including phenoxy) is 1. The molecule has 5 nitrogen and oxygen atoms in total. The van der Waals surface area contributed by atoms with E-state index in [1.165, 1.54) is 7.11 Å². The SMILES string of the molecule is CC.COC(=O)c1ccc(-c2cncc3ncc(N)cc23)cc1. The number of fused-ring (bicyclic) bond motifs is 1. The number of carbonyl (C=O) groups excluding carboxylic acids is 1. The fraction of sp³-hybridized carbons (Fsp3) is 0.167. The van der Waals surface area contributed by atoms with Crippen molar-refractivity contribution in [1.29, 1.82) is 0 Å². The predicted molar refractivity (Wildman–Crippen MR) is 92.1 cm³/mol. The van der Waals surface area contributed by atoms with Crippen molar-refractivity contribution >= 4 is 22.6 Å². The molecule has 2 heterocycles. The number of carbonyl (C=O) groups is 1. The minimum atomic E-state index is -0.358. The predicted octanol–water partition coefficient (Wildman–Crippen LogP) is 3.69. The third kappa shape index (κ3) is 3.45. The highest BCUT2D eigenvalue weighted by atomic mass is 16.5. The molecular formula is C18H19N3O2. The lowest BCUT2D eigenvalue weighted by Crippen LogP contribution is -2.00. The number of pyridine rings is 2. The molecule has 0 aliphatic heterocycles. The van der Waals surface area contributed by atoms with Gasteiger partial charge in [0, 0.05) is 17.1 Å². The van der Waals surface area contributed by atoms with Crippen molar-refractivity contribution in [2.24, 2.45) is 0 Å². The number of rotatable bonds is 2. The van der Waals surface area contributed by atoms with E-state index >= 15 is 0 Å². The summed E-state index contributed by atoms with van der Waals surface area (Å²) < 4.78 is 4.69. The van der Waals surface area contributed by atoms with Crippen LogP contribution in [0, 0.1) is 0 Å². The van der Waals surface area contributed by atoms with Gasteiger partial charge in [-0.2, -0.15) is 0 Å². The van der Waals surface area contributed by atoms with E-state index in [2.05, 4.69) is 14.7 Å². The van der Waals surface area contributed by atoms with Gasteiger partial charge in [-0.15, -0.1) is 0 Å². The average Bonchev–Trinajstić information content (AvgIpc) is 2.62. The molecule has 0 amide bonds. The largest absolute Gasteiger partial charge is 0.465 e. The molecule has 2 aromatic heterocycles. The van der Waals surface area contributed by atoms with Crippen LogP contribution in [-0.4, -0.2) is 23.0 Å². The summed E-state index contributed by atoms with van der Waals surface area (Å²) in [7, 11) is 1.36. The zero-order valence-electron chi connectivity index (χ0n) is 13.4. The second kappa shape index (κ2) is 7.35. The molecule has 0 radical (unpaired) electrons. The van der Waals surface area contributed by atoms with Crippen molar-refractivity contribution < 1.29 is 9.53 Å². The molecule has 0 fully saturated rings. The highest BCUT2D eigenvalue weighted by Crippen LogP contribution is 2.28. The van der Waals surface area contributed by atoms with E-state index in [4.69, 9.17) is 5.73 Å². The van der Waals surface area contributed by atoms with Gasteiger partial charge in [-0.05, 0) is 23.8 Å². The maximum absolute atomic E-state index is 11.5. The number of nitrogens with zero attached hydrogens (tertiary/aromatic N) is 2. The summed E-state index contributed by atoms with van der Waals surface area (Å²) in [5.41, 5.74) is 9.55. The Bertz CT molecular complexity index is 814. The number of aromatic nitrogens is 2. The highest BCUT2D eigenvalue weighted by molar-refractivity contribution is 5.96. The molecule has 0 saturated heterocycles. The van der Waals surface area contributed by atoms with Gasteiger partial charge in [0.1, 0.15) is 0 Å². The maximum atomic E-state index is 11.5. The zero-order valence-corrected chi connectivity index (χ0v) is 13.4. The van der Waals surface area contributed by atoms with E-state index in [0.717, 1.165) is 22.0 Å². The highest BCUT2D eigenvalue weighted by Gasteiger charge is 2.08. The maximum Gasteiger partial charge on any atom is 0.337 e. The number of nitrogen functional groups attached to an aromatic ring is 1. The molecule has 0 aliphatic rings. The van der Waals surface area contributed by atoms with Crippen LogP contribution in [0.3, 0.4) is 0 Å². The molecule has 0 saturated carbocycles. The van der Waals surface area contributed by atoms with Crippen LogP contribution in [-0.2, 0) is 4.74 Å². The van der Waals surface area contributed by atoms with Gasteiger partial charge >= 0.3 is 5.97 Å². The molecule has 5 heteroatoms. The van der Waals surface area contributed by atoms with Crippen molar-refractivity contribution in [3.63, 3.8) is 0 Å². The molecule has 0 unspecified atom stereocenters. The molecule has 3 rings (SSSR count). The minimum Gasteiger partial charge on any atom is -0.465 e. The first-order valence-corrected chi connectivity index (χ1v) is 7.37. The molecule has 0 spiro atoms. The molecule has 1 aromatic carbocycles. The Hall–Kier alpha value is -2.95. The lowest BCUT2D eigenvalue weighted by atomic mass is 10.0. The first-order valence-electron chi connectivity index (χ1n) is 7.37. The Balaban J connectivity index is 0.000000924. The standard InChI is InChI=1S/C16H13N3O2.C2H6/c1-21-16(20)11-4-2-10(3-5-11)14-8-18-9-15-13(14)6-12(17)7-19-15;1-2/h2-9H,17H2,1H3;1-2H3. The molecule has 0 atom stereocenters. The third-order valence-corrected chi connectivity index (χ3v) is 3.25. The fourth-order valence-corrected chi connectivity index (χ4v) is 2.20. The zero-order chi connectivity index (χ0) is 16.8. The summed E-state index contributed by atoms with van der Waals surface area (Å²) in [4.78, 5) is 19.9. The number of hydrogen-bond acceptors (Lipinski definition) is 5. The van der Waals surface area contributed by atoms with Gasteiger partial charge in [-0.1, -0.05) is 26.0 Å². The summed E-state index contributed by atoms with van der Waals surface area (Å²) in [5.74, 6) is -0.358. The fourth-order valence-electron chi connectivity index (χ4n) is 2.20. The molecular weight excluding hydrogens is 290 g/mol. The van der Waals surface area contributed by atoms with E-state index in [-0.39, 0.29) is 5.97 Å². The van der Waals surface area contributed by atoms with Crippen LogP contribution < -0.4 is 5.73 Å². The van der Waals surface area contributed by atoms with Crippen LogP contribution in [0.2, 0.25) is 0 Å². The van der Waals surface area contributed by atoms with Crippen LogP contribution in [0.4, 0.5) is 5.69 Å². The lowest BCUT2D eigenvalue weighted by molar-refractivity contribution is 0.0601. The summed E-state index contributed by atoms with van der Waals surface area (Å²) in [6.45, 7) is 4.00. The van der Waals surface area contributed by atoms with E-state index < -0.39 is 0 Å². The number of esters is 1. The van der Waals surface area contributed by atoms with Gasteiger partial charge < -0.3 is 10.5 Å². The summed E-state index contributed by atoms with van der Waals surface area (Å²) >= 11 is 0. The van der Waals surface area contributed by atoms with Crippen LogP contribution in [0.25, 0.3) is 22.0 Å². The molecule has 2 N–H and O–H groups in total. The average molecular weight is 309 g/mol. The Morgan fingerprint density at radius 1 is 1.09 bits per heavy atom. The summed E-state index contributed by atoms with van der Waals surface area (Å²) in [5, 5.41) is 0.927.